The molecule has 1 aromatic heterocycles. The minimum atomic E-state index is 0.520. The maximum atomic E-state index is 5.63. The maximum absolute atomic E-state index is 5.63. The number of nitrogens with zero attached hydrogens (tertiary/aromatic N) is 2. The van der Waals surface area contributed by atoms with Crippen LogP contribution in [0.3, 0.4) is 0 Å². The van der Waals surface area contributed by atoms with Crippen LogP contribution < -0.4 is 4.74 Å². The minimum Gasteiger partial charge on any atom is -0.437 e. The van der Waals surface area contributed by atoms with Crippen molar-refractivity contribution in [2.24, 2.45) is 0 Å². The van der Waals surface area contributed by atoms with Crippen LogP contribution in [0.1, 0.15) is 5.56 Å². The summed E-state index contributed by atoms with van der Waals surface area (Å²) in [4.78, 5) is 0. The Balaban J connectivity index is 2.18. The summed E-state index contributed by atoms with van der Waals surface area (Å²) in [6, 6.07) is 11.5. The Labute approximate surface area is 98.9 Å². The predicted molar refractivity (Wildman–Crippen MR) is 65.1 cm³/mol. The highest BCUT2D eigenvalue weighted by Gasteiger charge is 2.02. The first-order chi connectivity index (χ1) is 7.79. The van der Waals surface area contributed by atoms with Crippen molar-refractivity contribution in [2.45, 2.75) is 11.9 Å². The molecule has 0 saturated heterocycles. The molecule has 2 rings (SSSR count). The van der Waals surface area contributed by atoms with Gasteiger partial charge in [-0.15, -0.1) is 22.0 Å². The summed E-state index contributed by atoms with van der Waals surface area (Å²) in [6.07, 6.45) is 1.96. The van der Waals surface area contributed by atoms with Crippen LogP contribution in [-0.2, 0) is 0 Å². The summed E-state index contributed by atoms with van der Waals surface area (Å²) in [6.45, 7) is 2.00. The van der Waals surface area contributed by atoms with E-state index in [-0.39, 0.29) is 0 Å². The fourth-order valence-corrected chi connectivity index (χ4v) is 1.58. The van der Waals surface area contributed by atoms with E-state index in [4.69, 9.17) is 4.74 Å². The summed E-state index contributed by atoms with van der Waals surface area (Å²) in [5, 5.41) is 8.89. The number of aromatic nitrogens is 2. The van der Waals surface area contributed by atoms with E-state index >= 15 is 0 Å². The van der Waals surface area contributed by atoms with Crippen molar-refractivity contribution in [1.82, 2.24) is 10.2 Å². The molecule has 16 heavy (non-hydrogen) atoms. The largest absolute Gasteiger partial charge is 0.437 e. The molecule has 0 bridgehead atoms. The molecule has 82 valence electrons. The molecule has 1 heterocycles. The van der Waals surface area contributed by atoms with E-state index in [0.717, 1.165) is 16.3 Å². The summed E-state index contributed by atoms with van der Waals surface area (Å²) >= 11 is 1.56. The molecule has 0 amide bonds. The monoisotopic (exact) mass is 232 g/mol. The molecule has 3 nitrogen and oxygen atoms in total. The number of para-hydroxylation sites is 1. The van der Waals surface area contributed by atoms with E-state index in [0.29, 0.717) is 5.88 Å². The van der Waals surface area contributed by atoms with Gasteiger partial charge in [-0.25, -0.2) is 0 Å². The maximum Gasteiger partial charge on any atom is 0.238 e. The highest BCUT2D eigenvalue weighted by Crippen LogP contribution is 2.23. The number of ether oxygens (including phenoxy) is 1. The lowest BCUT2D eigenvalue weighted by Crippen LogP contribution is -1.92. The molecule has 4 heteroatoms. The van der Waals surface area contributed by atoms with Crippen LogP contribution >= 0.6 is 11.8 Å². The zero-order valence-corrected chi connectivity index (χ0v) is 9.99. The topological polar surface area (TPSA) is 35.0 Å². The number of hydrogen-bond acceptors (Lipinski definition) is 4. The van der Waals surface area contributed by atoms with E-state index in [1.54, 1.807) is 11.8 Å². The van der Waals surface area contributed by atoms with Crippen LogP contribution in [0, 0.1) is 6.92 Å². The van der Waals surface area contributed by atoms with Gasteiger partial charge in [-0.1, -0.05) is 18.2 Å². The Morgan fingerprint density at radius 3 is 2.50 bits per heavy atom. The van der Waals surface area contributed by atoms with Crippen molar-refractivity contribution in [3.8, 4) is 11.6 Å². The van der Waals surface area contributed by atoms with E-state index in [1.807, 2.05) is 49.6 Å². The third-order valence-corrected chi connectivity index (χ3v) is 2.77. The normalized spacial score (nSPS) is 10.1. The molecular weight excluding hydrogens is 220 g/mol. The molecule has 0 spiro atoms. The molecule has 2 aromatic rings. The van der Waals surface area contributed by atoms with Crippen LogP contribution in [0.5, 0.6) is 11.6 Å². The zero-order chi connectivity index (χ0) is 11.4. The van der Waals surface area contributed by atoms with Gasteiger partial charge in [0.1, 0.15) is 10.8 Å². The van der Waals surface area contributed by atoms with Crippen LogP contribution in [0.4, 0.5) is 0 Å². The first-order valence-electron chi connectivity index (χ1n) is 4.91. The first kappa shape index (κ1) is 11.0. The SMILES string of the molecule is CSc1ccc(Oc2ccccc2C)nn1. The van der Waals surface area contributed by atoms with E-state index < -0.39 is 0 Å². The Morgan fingerprint density at radius 2 is 1.88 bits per heavy atom. The van der Waals surface area contributed by atoms with Crippen LogP contribution in [-0.4, -0.2) is 16.5 Å². The second kappa shape index (κ2) is 4.99. The Hall–Kier alpha value is -1.55. The number of benzene rings is 1. The highest BCUT2D eigenvalue weighted by molar-refractivity contribution is 7.98. The fourth-order valence-electron chi connectivity index (χ4n) is 1.25. The van der Waals surface area contributed by atoms with E-state index in [1.165, 1.54) is 0 Å². The third kappa shape index (κ3) is 2.52. The van der Waals surface area contributed by atoms with E-state index in [9.17, 15) is 0 Å². The van der Waals surface area contributed by atoms with Crippen LogP contribution in [0.2, 0.25) is 0 Å². The second-order valence-electron chi connectivity index (χ2n) is 3.28. The van der Waals surface area contributed by atoms with Gasteiger partial charge in [0.25, 0.3) is 0 Å². The van der Waals surface area contributed by atoms with Crippen molar-refractivity contribution >= 4 is 11.8 Å². The molecule has 0 N–H and O–H groups in total. The van der Waals surface area contributed by atoms with E-state index in [2.05, 4.69) is 10.2 Å². The minimum absolute atomic E-state index is 0.520. The Kier molecular flexibility index (Phi) is 3.41. The molecule has 0 radical (unpaired) electrons. The van der Waals surface area contributed by atoms with Crippen LogP contribution in [0.25, 0.3) is 0 Å². The molecule has 0 aliphatic carbocycles. The average molecular weight is 232 g/mol. The quantitative estimate of drug-likeness (QED) is 0.760. The lowest BCUT2D eigenvalue weighted by molar-refractivity contribution is 0.449. The highest BCUT2D eigenvalue weighted by atomic mass is 32.2. The molecule has 0 unspecified atom stereocenters. The molecular formula is C12H12N2OS. The number of rotatable bonds is 3. The smallest absolute Gasteiger partial charge is 0.238 e. The van der Waals surface area contributed by atoms with Crippen LogP contribution in [0.15, 0.2) is 41.4 Å². The van der Waals surface area contributed by atoms with Gasteiger partial charge in [-0.05, 0) is 30.9 Å². The van der Waals surface area contributed by atoms with Gasteiger partial charge in [-0.3, -0.25) is 0 Å². The molecule has 0 aliphatic rings. The number of hydrogen-bond donors (Lipinski definition) is 0. The summed E-state index contributed by atoms with van der Waals surface area (Å²) in [5.74, 6) is 1.33. The Bertz CT molecular complexity index is 471. The predicted octanol–water partition coefficient (Wildman–Crippen LogP) is 3.30. The molecule has 1 aromatic carbocycles. The van der Waals surface area contributed by atoms with Gasteiger partial charge in [0.15, 0.2) is 0 Å². The van der Waals surface area contributed by atoms with Crippen molar-refractivity contribution in [1.29, 1.82) is 0 Å². The van der Waals surface area contributed by atoms with Crippen molar-refractivity contribution in [3.05, 3.63) is 42.0 Å². The standard InChI is InChI=1S/C12H12N2OS/c1-9-5-3-4-6-10(9)15-11-7-8-12(16-2)14-13-11/h3-8H,1-2H3. The van der Waals surface area contributed by atoms with Crippen molar-refractivity contribution in [2.75, 3.05) is 6.26 Å². The fraction of sp³-hybridized carbons (Fsp3) is 0.167. The number of aryl methyl sites for hydroxylation is 1. The van der Waals surface area contributed by atoms with Gasteiger partial charge < -0.3 is 4.74 Å². The van der Waals surface area contributed by atoms with Gasteiger partial charge in [0.2, 0.25) is 5.88 Å². The average Bonchev–Trinajstić information content (AvgIpc) is 2.33. The summed E-state index contributed by atoms with van der Waals surface area (Å²) < 4.78 is 5.63. The van der Waals surface area contributed by atoms with Crippen molar-refractivity contribution < 1.29 is 4.74 Å². The van der Waals surface area contributed by atoms with Gasteiger partial charge in [0, 0.05) is 6.07 Å². The Morgan fingerprint density at radius 1 is 1.06 bits per heavy atom. The number of thioether (sulfide) groups is 1. The molecule has 0 atom stereocenters. The molecule has 0 saturated carbocycles. The summed E-state index contributed by atoms with van der Waals surface area (Å²) in [7, 11) is 0. The van der Waals surface area contributed by atoms with Gasteiger partial charge in [-0.2, -0.15) is 0 Å². The lowest BCUT2D eigenvalue weighted by atomic mass is 10.2. The van der Waals surface area contributed by atoms with Gasteiger partial charge in [0.05, 0.1) is 0 Å². The third-order valence-electron chi connectivity index (χ3n) is 2.13. The van der Waals surface area contributed by atoms with Crippen molar-refractivity contribution in [3.63, 3.8) is 0 Å². The first-order valence-corrected chi connectivity index (χ1v) is 6.13. The van der Waals surface area contributed by atoms with Gasteiger partial charge >= 0.3 is 0 Å². The zero-order valence-electron chi connectivity index (χ0n) is 9.18. The molecule has 0 fully saturated rings. The summed E-state index contributed by atoms with van der Waals surface area (Å²) in [5.41, 5.74) is 1.08. The molecule has 0 aliphatic heterocycles. The second-order valence-corrected chi connectivity index (χ2v) is 4.11. The lowest BCUT2D eigenvalue weighted by Gasteiger charge is -2.06.